The van der Waals surface area contributed by atoms with E-state index in [4.69, 9.17) is 0 Å². The summed E-state index contributed by atoms with van der Waals surface area (Å²) in [5, 5.41) is 3.55. The average molecular weight is 240 g/mol. The van der Waals surface area contributed by atoms with Crippen molar-refractivity contribution in [3.63, 3.8) is 0 Å². The van der Waals surface area contributed by atoms with Crippen LogP contribution in [0.15, 0.2) is 0 Å². The van der Waals surface area contributed by atoms with Gasteiger partial charge in [0.05, 0.1) is 0 Å². The van der Waals surface area contributed by atoms with Gasteiger partial charge in [0, 0.05) is 6.54 Å². The number of nitrogens with one attached hydrogen (secondary N) is 1. The molecule has 1 saturated heterocycles. The Kier molecular flexibility index (Phi) is 5.94. The number of piperidine rings is 1. The van der Waals surface area contributed by atoms with Gasteiger partial charge in [-0.25, -0.2) is 0 Å². The van der Waals surface area contributed by atoms with Crippen LogP contribution in [0.2, 0.25) is 0 Å². The molecule has 0 bridgehead atoms. The molecule has 0 aromatic carbocycles. The molecule has 0 aromatic rings. The molecule has 1 atom stereocenters. The topological polar surface area (TPSA) is 15.3 Å². The summed E-state index contributed by atoms with van der Waals surface area (Å²) < 4.78 is 0. The molecule has 1 aliphatic heterocycles. The van der Waals surface area contributed by atoms with Crippen LogP contribution < -0.4 is 5.32 Å². The summed E-state index contributed by atoms with van der Waals surface area (Å²) in [6.07, 6.45) is 4.07. The summed E-state index contributed by atoms with van der Waals surface area (Å²) in [6, 6.07) is 0. The molecular formula is C15H32N2. The van der Waals surface area contributed by atoms with Gasteiger partial charge in [-0.05, 0) is 63.2 Å². The zero-order chi connectivity index (χ0) is 12.9. The summed E-state index contributed by atoms with van der Waals surface area (Å²) in [5.41, 5.74) is 0.444. The van der Waals surface area contributed by atoms with Gasteiger partial charge in [0.25, 0.3) is 0 Å². The van der Waals surface area contributed by atoms with E-state index < -0.39 is 0 Å². The molecule has 1 unspecified atom stereocenters. The van der Waals surface area contributed by atoms with Crippen molar-refractivity contribution in [1.29, 1.82) is 0 Å². The van der Waals surface area contributed by atoms with Gasteiger partial charge in [-0.15, -0.1) is 0 Å². The molecule has 0 saturated carbocycles. The first kappa shape index (κ1) is 15.0. The third-order valence-electron chi connectivity index (χ3n) is 4.17. The number of hydrogen-bond donors (Lipinski definition) is 1. The normalized spacial score (nSPS) is 22.4. The predicted molar refractivity (Wildman–Crippen MR) is 76.3 cm³/mol. The van der Waals surface area contributed by atoms with Gasteiger partial charge in [-0.1, -0.05) is 27.7 Å². The maximum absolute atomic E-state index is 3.55. The van der Waals surface area contributed by atoms with E-state index in [-0.39, 0.29) is 0 Å². The van der Waals surface area contributed by atoms with Crippen LogP contribution in [0.4, 0.5) is 0 Å². The van der Waals surface area contributed by atoms with Crippen LogP contribution in [0.5, 0.6) is 0 Å². The molecule has 1 rings (SSSR count). The Morgan fingerprint density at radius 1 is 1.35 bits per heavy atom. The average Bonchev–Trinajstić information content (AvgIpc) is 2.27. The van der Waals surface area contributed by atoms with Crippen molar-refractivity contribution in [2.75, 3.05) is 33.2 Å². The van der Waals surface area contributed by atoms with Crippen LogP contribution in [0, 0.1) is 17.3 Å². The van der Waals surface area contributed by atoms with Gasteiger partial charge in [0.1, 0.15) is 0 Å². The molecule has 0 aliphatic carbocycles. The van der Waals surface area contributed by atoms with Crippen molar-refractivity contribution in [3.8, 4) is 0 Å². The highest BCUT2D eigenvalue weighted by atomic mass is 15.1. The lowest BCUT2D eigenvalue weighted by atomic mass is 9.74. The van der Waals surface area contributed by atoms with Crippen molar-refractivity contribution in [1.82, 2.24) is 10.2 Å². The van der Waals surface area contributed by atoms with E-state index in [9.17, 15) is 0 Å². The standard InChI is InChI=1S/C15H32N2/c1-13(2)8-10-17(5)12-15(3,4)14-7-6-9-16-11-14/h13-14,16H,6-12H2,1-5H3. The second-order valence-electron chi connectivity index (χ2n) is 6.95. The highest BCUT2D eigenvalue weighted by Gasteiger charge is 2.31. The predicted octanol–water partition coefficient (Wildman–Crippen LogP) is 2.99. The van der Waals surface area contributed by atoms with Crippen LogP contribution >= 0.6 is 0 Å². The molecule has 1 heterocycles. The van der Waals surface area contributed by atoms with E-state index in [0.29, 0.717) is 5.41 Å². The van der Waals surface area contributed by atoms with Gasteiger partial charge in [0.15, 0.2) is 0 Å². The maximum atomic E-state index is 3.55. The lowest BCUT2D eigenvalue weighted by Crippen LogP contribution is -2.44. The van der Waals surface area contributed by atoms with Crippen LogP contribution in [-0.4, -0.2) is 38.1 Å². The Labute approximate surface area is 108 Å². The molecule has 0 aromatic heterocycles. The quantitative estimate of drug-likeness (QED) is 0.768. The van der Waals surface area contributed by atoms with Crippen molar-refractivity contribution in [2.24, 2.45) is 17.3 Å². The number of nitrogens with zero attached hydrogens (tertiary/aromatic N) is 1. The lowest BCUT2D eigenvalue weighted by molar-refractivity contribution is 0.112. The van der Waals surface area contributed by atoms with Crippen molar-refractivity contribution in [3.05, 3.63) is 0 Å². The second-order valence-corrected chi connectivity index (χ2v) is 6.95. The molecule has 0 spiro atoms. The Bertz CT molecular complexity index is 205. The number of rotatable bonds is 6. The molecule has 102 valence electrons. The zero-order valence-corrected chi connectivity index (χ0v) is 12.6. The molecule has 1 N–H and O–H groups in total. The van der Waals surface area contributed by atoms with E-state index in [1.807, 2.05) is 0 Å². The highest BCUT2D eigenvalue weighted by Crippen LogP contribution is 2.32. The maximum Gasteiger partial charge on any atom is 0.00328 e. The van der Waals surface area contributed by atoms with Crippen LogP contribution in [0.3, 0.4) is 0 Å². The first-order valence-electron chi connectivity index (χ1n) is 7.31. The first-order chi connectivity index (χ1) is 7.92. The first-order valence-corrected chi connectivity index (χ1v) is 7.31. The third kappa shape index (κ3) is 5.39. The molecule has 1 aliphatic rings. The molecule has 17 heavy (non-hydrogen) atoms. The van der Waals surface area contributed by atoms with Crippen LogP contribution in [0.25, 0.3) is 0 Å². The minimum absolute atomic E-state index is 0.444. The van der Waals surface area contributed by atoms with E-state index in [1.54, 1.807) is 0 Å². The summed E-state index contributed by atoms with van der Waals surface area (Å²) in [6.45, 7) is 14.4. The summed E-state index contributed by atoms with van der Waals surface area (Å²) in [5.74, 6) is 1.66. The Morgan fingerprint density at radius 2 is 2.06 bits per heavy atom. The fourth-order valence-corrected chi connectivity index (χ4v) is 2.90. The summed E-state index contributed by atoms with van der Waals surface area (Å²) in [4.78, 5) is 2.52. The Balaban J connectivity index is 2.35. The molecular weight excluding hydrogens is 208 g/mol. The van der Waals surface area contributed by atoms with Crippen molar-refractivity contribution in [2.45, 2.75) is 47.0 Å². The largest absolute Gasteiger partial charge is 0.316 e. The van der Waals surface area contributed by atoms with Crippen LogP contribution in [0.1, 0.15) is 47.0 Å². The van der Waals surface area contributed by atoms with E-state index in [2.05, 4.69) is 45.0 Å². The highest BCUT2D eigenvalue weighted by molar-refractivity contribution is 4.84. The smallest absolute Gasteiger partial charge is 0.00328 e. The zero-order valence-electron chi connectivity index (χ0n) is 12.6. The molecule has 0 radical (unpaired) electrons. The van der Waals surface area contributed by atoms with E-state index >= 15 is 0 Å². The minimum Gasteiger partial charge on any atom is -0.316 e. The molecule has 1 fully saturated rings. The van der Waals surface area contributed by atoms with E-state index in [1.165, 1.54) is 45.4 Å². The van der Waals surface area contributed by atoms with Gasteiger partial charge in [-0.2, -0.15) is 0 Å². The summed E-state index contributed by atoms with van der Waals surface area (Å²) >= 11 is 0. The van der Waals surface area contributed by atoms with Gasteiger partial charge < -0.3 is 10.2 Å². The fourth-order valence-electron chi connectivity index (χ4n) is 2.90. The van der Waals surface area contributed by atoms with Crippen LogP contribution in [-0.2, 0) is 0 Å². The fraction of sp³-hybridized carbons (Fsp3) is 1.00. The lowest BCUT2D eigenvalue weighted by Gasteiger charge is -2.40. The number of hydrogen-bond acceptors (Lipinski definition) is 2. The second kappa shape index (κ2) is 6.75. The van der Waals surface area contributed by atoms with Crippen molar-refractivity contribution < 1.29 is 0 Å². The van der Waals surface area contributed by atoms with E-state index in [0.717, 1.165) is 11.8 Å². The molecule has 0 amide bonds. The summed E-state index contributed by atoms with van der Waals surface area (Å²) in [7, 11) is 2.28. The molecule has 2 nitrogen and oxygen atoms in total. The SMILES string of the molecule is CC(C)CCN(C)CC(C)(C)C1CCCNC1. The monoisotopic (exact) mass is 240 g/mol. The molecule has 2 heteroatoms. The van der Waals surface area contributed by atoms with Crippen molar-refractivity contribution >= 4 is 0 Å². The van der Waals surface area contributed by atoms with Gasteiger partial charge in [0.2, 0.25) is 0 Å². The minimum atomic E-state index is 0.444. The Morgan fingerprint density at radius 3 is 2.59 bits per heavy atom. The van der Waals surface area contributed by atoms with Gasteiger partial charge in [-0.3, -0.25) is 0 Å². The van der Waals surface area contributed by atoms with Gasteiger partial charge >= 0.3 is 0 Å². The third-order valence-corrected chi connectivity index (χ3v) is 4.17. The Hall–Kier alpha value is -0.0800.